The van der Waals surface area contributed by atoms with Gasteiger partial charge in [0.25, 0.3) is 0 Å². The highest BCUT2D eigenvalue weighted by Gasteiger charge is 2.45. The van der Waals surface area contributed by atoms with Crippen LogP contribution in [0, 0.1) is 0 Å². The summed E-state index contributed by atoms with van der Waals surface area (Å²) in [4.78, 5) is 23.2. The van der Waals surface area contributed by atoms with Crippen molar-refractivity contribution in [3.8, 4) is 0 Å². The molecule has 0 aromatic heterocycles. The molecular weight excluding hydrogens is 224 g/mol. The maximum Gasteiger partial charge on any atom is 0.341 e. The van der Waals surface area contributed by atoms with Gasteiger partial charge in [-0.1, -0.05) is 0 Å². The molecule has 0 amide bonds. The number of rotatable bonds is 5. The first-order chi connectivity index (χ1) is 7.52. The van der Waals surface area contributed by atoms with E-state index < -0.39 is 29.1 Å². The van der Waals surface area contributed by atoms with Crippen LogP contribution in [0.4, 0.5) is 0 Å². The number of aliphatic hydroxyl groups is 1. The molecule has 0 bridgehead atoms. The van der Waals surface area contributed by atoms with Gasteiger partial charge in [-0.2, -0.15) is 0 Å². The molecule has 0 spiro atoms. The van der Waals surface area contributed by atoms with Crippen LogP contribution < -0.4 is 0 Å². The van der Waals surface area contributed by atoms with E-state index in [1.807, 2.05) is 0 Å². The van der Waals surface area contributed by atoms with Crippen molar-refractivity contribution in [3.05, 3.63) is 0 Å². The summed E-state index contributed by atoms with van der Waals surface area (Å²) in [5.74, 6) is -1.28. The zero-order valence-corrected chi connectivity index (χ0v) is 11.4. The molecule has 100 valence electrons. The Morgan fingerprint density at radius 3 is 2.00 bits per heavy atom. The van der Waals surface area contributed by atoms with E-state index in [2.05, 4.69) is 0 Å². The van der Waals surface area contributed by atoms with Crippen LogP contribution in [0.25, 0.3) is 0 Å². The topological polar surface area (TPSA) is 72.8 Å². The highest BCUT2D eigenvalue weighted by Crippen LogP contribution is 2.20. The van der Waals surface area contributed by atoms with Crippen LogP contribution in [-0.2, 0) is 19.1 Å². The molecule has 0 saturated heterocycles. The van der Waals surface area contributed by atoms with Gasteiger partial charge in [0.05, 0.1) is 0 Å². The van der Waals surface area contributed by atoms with E-state index in [4.69, 9.17) is 9.47 Å². The van der Waals surface area contributed by atoms with Crippen LogP contribution in [0.1, 0.15) is 41.5 Å². The third kappa shape index (κ3) is 4.83. The summed E-state index contributed by atoms with van der Waals surface area (Å²) in [5.41, 5.74) is -2.70. The van der Waals surface area contributed by atoms with Crippen molar-refractivity contribution in [3.63, 3.8) is 0 Å². The summed E-state index contributed by atoms with van der Waals surface area (Å²) in [6, 6.07) is 0. The van der Waals surface area contributed by atoms with Gasteiger partial charge in [-0.3, -0.25) is 4.79 Å². The number of esters is 1. The van der Waals surface area contributed by atoms with Crippen molar-refractivity contribution in [2.75, 3.05) is 6.61 Å². The largest absolute Gasteiger partial charge is 0.458 e. The number of carbonyl (C=O) groups excluding carboxylic acids is 2. The number of carbonyl (C=O) groups is 2. The van der Waals surface area contributed by atoms with Gasteiger partial charge < -0.3 is 14.6 Å². The molecule has 0 rings (SSSR count). The lowest BCUT2D eigenvalue weighted by Crippen LogP contribution is -2.53. The summed E-state index contributed by atoms with van der Waals surface area (Å²) in [6.07, 6.45) is -1.21. The molecule has 0 fully saturated rings. The first-order valence-electron chi connectivity index (χ1n) is 5.60. The highest BCUT2D eigenvalue weighted by atomic mass is 16.6. The zero-order valence-electron chi connectivity index (χ0n) is 11.4. The van der Waals surface area contributed by atoms with Crippen molar-refractivity contribution in [2.24, 2.45) is 0 Å². The average molecular weight is 246 g/mol. The monoisotopic (exact) mass is 246 g/mol. The first kappa shape index (κ1) is 16.1. The molecule has 0 heterocycles. The third-order valence-electron chi connectivity index (χ3n) is 2.03. The normalized spacial score (nSPS) is 17.1. The zero-order chi connectivity index (χ0) is 13.9. The number of Topliss-reactive ketones (excluding diaryl/α,β-unsaturated/α-hetero) is 1. The van der Waals surface area contributed by atoms with Crippen molar-refractivity contribution >= 4 is 11.8 Å². The Balaban J connectivity index is 4.95. The SMILES string of the molecule is CCO[C@@H](C(C)=O)C(C)(O)C(=O)OC(C)(C)C. The van der Waals surface area contributed by atoms with E-state index in [-0.39, 0.29) is 6.61 Å². The summed E-state index contributed by atoms with van der Waals surface area (Å²) in [6.45, 7) is 9.45. The predicted molar refractivity (Wildman–Crippen MR) is 62.6 cm³/mol. The van der Waals surface area contributed by atoms with Crippen LogP contribution in [0.5, 0.6) is 0 Å². The van der Waals surface area contributed by atoms with Gasteiger partial charge in [0.15, 0.2) is 17.5 Å². The lowest BCUT2D eigenvalue weighted by atomic mass is 9.96. The van der Waals surface area contributed by atoms with E-state index in [1.165, 1.54) is 13.8 Å². The van der Waals surface area contributed by atoms with E-state index in [1.54, 1.807) is 27.7 Å². The van der Waals surface area contributed by atoms with Gasteiger partial charge in [0, 0.05) is 6.61 Å². The van der Waals surface area contributed by atoms with Crippen LogP contribution >= 0.6 is 0 Å². The average Bonchev–Trinajstić information content (AvgIpc) is 2.10. The highest BCUT2D eigenvalue weighted by molar-refractivity contribution is 5.91. The van der Waals surface area contributed by atoms with Gasteiger partial charge in [-0.05, 0) is 41.5 Å². The van der Waals surface area contributed by atoms with Gasteiger partial charge >= 0.3 is 5.97 Å². The standard InChI is InChI=1S/C12H22O5/c1-7-16-9(8(2)13)12(6,15)10(14)17-11(3,4)5/h9,15H,7H2,1-6H3/t9-,12?/m0/s1. The summed E-state index contributed by atoms with van der Waals surface area (Å²) in [5, 5.41) is 10.1. The molecule has 0 aliphatic carbocycles. The summed E-state index contributed by atoms with van der Waals surface area (Å²) >= 11 is 0. The van der Waals surface area contributed by atoms with Crippen LogP contribution in [-0.4, -0.2) is 40.8 Å². The molecule has 0 aromatic carbocycles. The Hall–Kier alpha value is -0.940. The predicted octanol–water partition coefficient (Wildman–Crippen LogP) is 1.07. The fraction of sp³-hybridized carbons (Fsp3) is 0.833. The molecule has 0 aliphatic heterocycles. The Morgan fingerprint density at radius 1 is 1.24 bits per heavy atom. The first-order valence-corrected chi connectivity index (χ1v) is 5.60. The molecule has 5 nitrogen and oxygen atoms in total. The molecule has 0 saturated carbocycles. The van der Waals surface area contributed by atoms with E-state index in [9.17, 15) is 14.7 Å². The molecule has 1 N–H and O–H groups in total. The molecular formula is C12H22O5. The summed E-state index contributed by atoms with van der Waals surface area (Å²) in [7, 11) is 0. The molecule has 2 atom stereocenters. The number of hydrogen-bond acceptors (Lipinski definition) is 5. The van der Waals surface area contributed by atoms with Gasteiger partial charge in [-0.15, -0.1) is 0 Å². The second-order valence-corrected chi connectivity index (χ2v) is 5.10. The second kappa shape index (κ2) is 5.60. The van der Waals surface area contributed by atoms with Gasteiger partial charge in [0.1, 0.15) is 5.60 Å². The third-order valence-corrected chi connectivity index (χ3v) is 2.03. The van der Waals surface area contributed by atoms with Crippen molar-refractivity contribution in [1.82, 2.24) is 0 Å². The van der Waals surface area contributed by atoms with Crippen LogP contribution in [0.3, 0.4) is 0 Å². The fourth-order valence-electron chi connectivity index (χ4n) is 1.33. The van der Waals surface area contributed by atoms with Crippen LogP contribution in [0.2, 0.25) is 0 Å². The van der Waals surface area contributed by atoms with Gasteiger partial charge in [0.2, 0.25) is 0 Å². The van der Waals surface area contributed by atoms with E-state index in [0.29, 0.717) is 0 Å². The number of ether oxygens (including phenoxy) is 2. The van der Waals surface area contributed by atoms with Crippen LogP contribution in [0.15, 0.2) is 0 Å². The van der Waals surface area contributed by atoms with Crippen molar-refractivity contribution < 1.29 is 24.2 Å². The Morgan fingerprint density at radius 2 is 1.71 bits per heavy atom. The quantitative estimate of drug-likeness (QED) is 0.735. The maximum atomic E-state index is 11.8. The fourth-order valence-corrected chi connectivity index (χ4v) is 1.33. The maximum absolute atomic E-state index is 11.8. The summed E-state index contributed by atoms with van der Waals surface area (Å²) < 4.78 is 10.2. The van der Waals surface area contributed by atoms with Crippen molar-refractivity contribution in [2.45, 2.75) is 58.8 Å². The van der Waals surface area contributed by atoms with E-state index in [0.717, 1.165) is 0 Å². The number of hydrogen-bond donors (Lipinski definition) is 1. The minimum absolute atomic E-state index is 0.225. The van der Waals surface area contributed by atoms with Crippen molar-refractivity contribution in [1.29, 1.82) is 0 Å². The minimum atomic E-state index is -1.98. The Bertz CT molecular complexity index is 288. The number of ketones is 1. The molecule has 0 aromatic rings. The Labute approximate surface area is 102 Å². The van der Waals surface area contributed by atoms with E-state index >= 15 is 0 Å². The molecule has 17 heavy (non-hydrogen) atoms. The molecule has 1 unspecified atom stereocenters. The van der Waals surface area contributed by atoms with Gasteiger partial charge in [-0.25, -0.2) is 4.79 Å². The molecule has 5 heteroatoms. The minimum Gasteiger partial charge on any atom is -0.458 e. The lowest BCUT2D eigenvalue weighted by Gasteiger charge is -2.31. The lowest BCUT2D eigenvalue weighted by molar-refractivity contribution is -0.192. The molecule has 0 aliphatic rings. The smallest absolute Gasteiger partial charge is 0.341 e. The molecule has 0 radical (unpaired) electrons. The second-order valence-electron chi connectivity index (χ2n) is 5.10. The Kier molecular flexibility index (Phi) is 5.29.